The standard InChI is InChI=1S/C13H21F3/c1-2-3-4-5-6-7-8-9-10-11-12-13(14,15)16/h2-10H2,1H3. The van der Waals surface area contributed by atoms with Crippen LogP contribution in [0.1, 0.15) is 64.7 Å². The first-order chi connectivity index (χ1) is 7.56. The summed E-state index contributed by atoms with van der Waals surface area (Å²) in [5.41, 5.74) is 0. The highest BCUT2D eigenvalue weighted by Crippen LogP contribution is 2.13. The molecule has 0 bridgehead atoms. The van der Waals surface area contributed by atoms with Crippen molar-refractivity contribution >= 4 is 0 Å². The molecule has 0 aromatic rings. The van der Waals surface area contributed by atoms with E-state index < -0.39 is 6.18 Å². The number of hydrogen-bond donors (Lipinski definition) is 0. The van der Waals surface area contributed by atoms with Gasteiger partial charge in [-0.1, -0.05) is 57.8 Å². The molecule has 0 spiro atoms. The lowest BCUT2D eigenvalue weighted by Gasteiger charge is -1.99. The van der Waals surface area contributed by atoms with Crippen molar-refractivity contribution in [2.75, 3.05) is 0 Å². The van der Waals surface area contributed by atoms with Crippen LogP contribution in [0.5, 0.6) is 0 Å². The topological polar surface area (TPSA) is 0 Å². The molecule has 0 nitrogen and oxygen atoms in total. The van der Waals surface area contributed by atoms with Gasteiger partial charge in [-0.3, -0.25) is 0 Å². The molecule has 0 heterocycles. The Morgan fingerprint density at radius 1 is 0.812 bits per heavy atom. The van der Waals surface area contributed by atoms with Crippen molar-refractivity contribution in [2.24, 2.45) is 0 Å². The van der Waals surface area contributed by atoms with Crippen LogP contribution in [0.4, 0.5) is 13.2 Å². The number of hydrogen-bond acceptors (Lipinski definition) is 0. The first kappa shape index (κ1) is 15.3. The predicted octanol–water partition coefficient (Wildman–Crippen LogP) is 5.08. The number of unbranched alkanes of at least 4 members (excludes halogenated alkanes) is 8. The summed E-state index contributed by atoms with van der Waals surface area (Å²) in [5.74, 6) is 3.45. The summed E-state index contributed by atoms with van der Waals surface area (Å²) in [4.78, 5) is 0. The van der Waals surface area contributed by atoms with Crippen LogP contribution in [0.3, 0.4) is 0 Å². The maximum absolute atomic E-state index is 11.6. The van der Waals surface area contributed by atoms with Crippen molar-refractivity contribution in [3.63, 3.8) is 0 Å². The average molecular weight is 234 g/mol. The lowest BCUT2D eigenvalue weighted by molar-refractivity contribution is -0.0697. The average Bonchev–Trinajstić information content (AvgIpc) is 2.19. The Bertz CT molecular complexity index is 207. The first-order valence-corrected chi connectivity index (χ1v) is 6.13. The molecule has 0 unspecified atom stereocenters. The van der Waals surface area contributed by atoms with Gasteiger partial charge in [0.15, 0.2) is 0 Å². The molecule has 0 aromatic heterocycles. The van der Waals surface area contributed by atoms with Gasteiger partial charge in [0.1, 0.15) is 0 Å². The molecule has 0 atom stereocenters. The lowest BCUT2D eigenvalue weighted by atomic mass is 10.1. The zero-order valence-electron chi connectivity index (χ0n) is 10.00. The molecular weight excluding hydrogens is 213 g/mol. The van der Waals surface area contributed by atoms with Gasteiger partial charge in [0.2, 0.25) is 0 Å². The molecule has 0 saturated heterocycles. The van der Waals surface area contributed by atoms with Gasteiger partial charge < -0.3 is 0 Å². The van der Waals surface area contributed by atoms with Crippen LogP contribution in [0, 0.1) is 11.8 Å². The molecule has 0 aromatic carbocycles. The maximum Gasteiger partial charge on any atom is 0.457 e. The molecule has 0 fully saturated rings. The van der Waals surface area contributed by atoms with Gasteiger partial charge in [0.05, 0.1) is 0 Å². The van der Waals surface area contributed by atoms with Crippen LogP contribution < -0.4 is 0 Å². The van der Waals surface area contributed by atoms with Crippen LogP contribution >= 0.6 is 0 Å². The third-order valence-electron chi connectivity index (χ3n) is 2.39. The molecule has 0 saturated carbocycles. The highest BCUT2D eigenvalue weighted by molar-refractivity contribution is 5.04. The summed E-state index contributed by atoms with van der Waals surface area (Å²) in [5, 5.41) is 0. The van der Waals surface area contributed by atoms with Crippen molar-refractivity contribution in [3.8, 4) is 11.8 Å². The fraction of sp³-hybridized carbons (Fsp3) is 0.846. The van der Waals surface area contributed by atoms with E-state index in [1.165, 1.54) is 38.0 Å². The van der Waals surface area contributed by atoms with Crippen LogP contribution in [0.25, 0.3) is 0 Å². The molecule has 0 aliphatic rings. The van der Waals surface area contributed by atoms with Gasteiger partial charge in [0.25, 0.3) is 0 Å². The highest BCUT2D eigenvalue weighted by atomic mass is 19.4. The Kier molecular flexibility index (Phi) is 9.18. The molecule has 94 valence electrons. The second-order valence-corrected chi connectivity index (χ2v) is 4.02. The van der Waals surface area contributed by atoms with Crippen molar-refractivity contribution in [1.29, 1.82) is 0 Å². The van der Waals surface area contributed by atoms with Crippen LogP contribution in [0.15, 0.2) is 0 Å². The van der Waals surface area contributed by atoms with Crippen molar-refractivity contribution < 1.29 is 13.2 Å². The molecule has 0 radical (unpaired) electrons. The molecule has 0 aliphatic carbocycles. The summed E-state index contributed by atoms with van der Waals surface area (Å²) < 4.78 is 34.9. The van der Waals surface area contributed by atoms with Crippen molar-refractivity contribution in [1.82, 2.24) is 0 Å². The van der Waals surface area contributed by atoms with Gasteiger partial charge in [-0.05, 0) is 6.42 Å². The van der Waals surface area contributed by atoms with Gasteiger partial charge >= 0.3 is 6.18 Å². The van der Waals surface area contributed by atoms with E-state index in [1.807, 2.05) is 0 Å². The number of halogens is 3. The van der Waals surface area contributed by atoms with Gasteiger partial charge in [-0.25, -0.2) is 0 Å². The van der Waals surface area contributed by atoms with E-state index in [0.29, 0.717) is 6.42 Å². The summed E-state index contributed by atoms with van der Waals surface area (Å²) in [6, 6.07) is 0. The largest absolute Gasteiger partial charge is 0.457 e. The molecule has 0 aliphatic heterocycles. The van der Waals surface area contributed by atoms with Crippen LogP contribution in [-0.4, -0.2) is 6.18 Å². The second-order valence-electron chi connectivity index (χ2n) is 4.02. The third-order valence-corrected chi connectivity index (χ3v) is 2.39. The Morgan fingerprint density at radius 2 is 1.31 bits per heavy atom. The molecule has 0 N–H and O–H groups in total. The molecule has 0 amide bonds. The van der Waals surface area contributed by atoms with E-state index in [-0.39, 0.29) is 0 Å². The SMILES string of the molecule is CCCCCCCCCCC#CC(F)(F)F. The van der Waals surface area contributed by atoms with E-state index in [0.717, 1.165) is 19.3 Å². The third kappa shape index (κ3) is 13.4. The van der Waals surface area contributed by atoms with Crippen molar-refractivity contribution in [2.45, 2.75) is 70.9 Å². The number of rotatable bonds is 8. The minimum Gasteiger partial charge on any atom is -0.159 e. The fourth-order valence-corrected chi connectivity index (χ4v) is 1.51. The van der Waals surface area contributed by atoms with E-state index in [1.54, 1.807) is 0 Å². The quantitative estimate of drug-likeness (QED) is 0.405. The molecular formula is C13H21F3. The Hall–Kier alpha value is -0.650. The first-order valence-electron chi connectivity index (χ1n) is 6.13. The Labute approximate surface area is 96.6 Å². The maximum atomic E-state index is 11.6. The van der Waals surface area contributed by atoms with Crippen molar-refractivity contribution in [3.05, 3.63) is 0 Å². The normalized spacial score (nSPS) is 11.0. The van der Waals surface area contributed by atoms with E-state index >= 15 is 0 Å². The molecule has 3 heteroatoms. The Balaban J connectivity index is 3.18. The molecule has 0 rings (SSSR count). The van der Waals surface area contributed by atoms with Crippen LogP contribution in [-0.2, 0) is 0 Å². The fourth-order valence-electron chi connectivity index (χ4n) is 1.51. The van der Waals surface area contributed by atoms with Gasteiger partial charge in [0, 0.05) is 12.3 Å². The van der Waals surface area contributed by atoms with Crippen LogP contribution in [0.2, 0.25) is 0 Å². The van der Waals surface area contributed by atoms with E-state index in [2.05, 4.69) is 12.8 Å². The Morgan fingerprint density at radius 3 is 1.81 bits per heavy atom. The minimum atomic E-state index is -4.32. The van der Waals surface area contributed by atoms with Gasteiger partial charge in [-0.2, -0.15) is 13.2 Å². The highest BCUT2D eigenvalue weighted by Gasteiger charge is 2.22. The zero-order valence-corrected chi connectivity index (χ0v) is 10.00. The predicted molar refractivity (Wildman–Crippen MR) is 61.1 cm³/mol. The summed E-state index contributed by atoms with van der Waals surface area (Å²) in [7, 11) is 0. The summed E-state index contributed by atoms with van der Waals surface area (Å²) >= 11 is 0. The molecule has 16 heavy (non-hydrogen) atoms. The second kappa shape index (κ2) is 9.57. The number of alkyl halides is 3. The lowest BCUT2D eigenvalue weighted by Crippen LogP contribution is -2.01. The monoisotopic (exact) mass is 234 g/mol. The zero-order chi connectivity index (χ0) is 12.3. The summed E-state index contributed by atoms with van der Waals surface area (Å²) in [6.07, 6.45) is 5.23. The minimum absolute atomic E-state index is 0.370. The smallest absolute Gasteiger partial charge is 0.159 e. The van der Waals surface area contributed by atoms with E-state index in [9.17, 15) is 13.2 Å². The summed E-state index contributed by atoms with van der Waals surface area (Å²) in [6.45, 7) is 2.18. The van der Waals surface area contributed by atoms with E-state index in [4.69, 9.17) is 0 Å². The van der Waals surface area contributed by atoms with Gasteiger partial charge in [-0.15, -0.1) is 0 Å².